The quantitative estimate of drug-likeness (QED) is 0.122. The standard InChI is InChI=1S/C33H30ClN3O7S/c1-5-42-32(39)29-20(4)35-33-36(30(29)25-8-6-7-9-27(25)44-19(2)3)31(38)28(45-33)17-22-16-23(34)12-15-26(22)43-18-21-10-13-24(14-11-21)37(40)41/h6-17,19,30H,5,18H2,1-4H3/b28-17-/t30-/m0/s1. The number of ether oxygens (including phenoxy) is 3. The van der Waals surface area contributed by atoms with E-state index in [4.69, 9.17) is 25.8 Å². The Kier molecular flexibility index (Phi) is 9.50. The number of hydrogen-bond acceptors (Lipinski definition) is 9. The average Bonchev–Trinajstić information content (AvgIpc) is 3.30. The van der Waals surface area contributed by atoms with Gasteiger partial charge in [-0.3, -0.25) is 19.5 Å². The highest BCUT2D eigenvalue weighted by molar-refractivity contribution is 7.07. The smallest absolute Gasteiger partial charge is 0.338 e. The van der Waals surface area contributed by atoms with E-state index in [0.717, 1.165) is 5.56 Å². The third-order valence-electron chi connectivity index (χ3n) is 6.89. The lowest BCUT2D eigenvalue weighted by molar-refractivity contribution is -0.384. The first-order valence-electron chi connectivity index (χ1n) is 14.2. The van der Waals surface area contributed by atoms with Gasteiger partial charge in [-0.15, -0.1) is 0 Å². The molecule has 0 unspecified atom stereocenters. The second-order valence-corrected chi connectivity index (χ2v) is 11.8. The number of rotatable bonds is 10. The van der Waals surface area contributed by atoms with Gasteiger partial charge in [-0.05, 0) is 75.7 Å². The fourth-order valence-electron chi connectivity index (χ4n) is 4.93. The molecule has 1 aliphatic heterocycles. The number of fused-ring (bicyclic) bond motifs is 1. The molecular formula is C33H30ClN3O7S. The number of thiazole rings is 1. The normalized spacial score (nSPS) is 14.6. The van der Waals surface area contributed by atoms with Crippen LogP contribution in [0.2, 0.25) is 5.02 Å². The summed E-state index contributed by atoms with van der Waals surface area (Å²) < 4.78 is 19.4. The molecule has 3 aromatic carbocycles. The van der Waals surface area contributed by atoms with Crippen LogP contribution in [0.5, 0.6) is 11.5 Å². The SMILES string of the molecule is CCOC(=O)C1=C(C)N=c2s/c(=C\c3cc(Cl)ccc3OCc3ccc([N+](=O)[O-])cc3)c(=O)n2[C@H]1c1ccccc1OC(C)C. The van der Waals surface area contributed by atoms with Crippen molar-refractivity contribution >= 4 is 40.7 Å². The van der Waals surface area contributed by atoms with Crippen LogP contribution in [0.25, 0.3) is 6.08 Å². The highest BCUT2D eigenvalue weighted by Crippen LogP contribution is 2.36. The van der Waals surface area contributed by atoms with Gasteiger partial charge in [0.2, 0.25) is 0 Å². The number of allylic oxidation sites excluding steroid dienone is 1. The van der Waals surface area contributed by atoms with Crippen LogP contribution in [0.1, 0.15) is 50.4 Å². The molecule has 10 nitrogen and oxygen atoms in total. The second kappa shape index (κ2) is 13.5. The van der Waals surface area contributed by atoms with E-state index < -0.39 is 16.9 Å². The Morgan fingerprint density at radius 3 is 2.56 bits per heavy atom. The van der Waals surface area contributed by atoms with Crippen LogP contribution in [-0.4, -0.2) is 28.2 Å². The number of benzene rings is 3. The summed E-state index contributed by atoms with van der Waals surface area (Å²) in [5.74, 6) is 0.439. The number of para-hydroxylation sites is 1. The van der Waals surface area contributed by atoms with Gasteiger partial charge in [0.05, 0.1) is 33.4 Å². The molecule has 232 valence electrons. The van der Waals surface area contributed by atoms with Crippen molar-refractivity contribution in [2.45, 2.75) is 46.4 Å². The van der Waals surface area contributed by atoms with E-state index in [2.05, 4.69) is 4.99 Å². The van der Waals surface area contributed by atoms with Gasteiger partial charge in [0, 0.05) is 28.3 Å². The molecule has 0 fully saturated rings. The number of aromatic nitrogens is 1. The highest BCUT2D eigenvalue weighted by Gasteiger charge is 2.35. The number of carbonyl (C=O) groups excluding carboxylic acids is 1. The number of nitro benzene ring substituents is 1. The molecular weight excluding hydrogens is 618 g/mol. The van der Waals surface area contributed by atoms with Gasteiger partial charge in [-0.25, -0.2) is 9.79 Å². The van der Waals surface area contributed by atoms with Crippen LogP contribution in [0.4, 0.5) is 5.69 Å². The Labute approximate surface area is 267 Å². The summed E-state index contributed by atoms with van der Waals surface area (Å²) in [6.07, 6.45) is 1.53. The van der Waals surface area contributed by atoms with Crippen molar-refractivity contribution in [3.8, 4) is 11.5 Å². The predicted molar refractivity (Wildman–Crippen MR) is 171 cm³/mol. The third-order valence-corrected chi connectivity index (χ3v) is 8.11. The van der Waals surface area contributed by atoms with Crippen molar-refractivity contribution in [2.24, 2.45) is 4.99 Å². The number of halogens is 1. The molecule has 0 N–H and O–H groups in total. The number of non-ortho nitro benzene ring substituents is 1. The minimum atomic E-state index is -0.838. The molecule has 0 bridgehead atoms. The minimum Gasteiger partial charge on any atom is -0.491 e. The first kappa shape index (κ1) is 31.7. The first-order chi connectivity index (χ1) is 21.6. The maximum absolute atomic E-state index is 14.2. The summed E-state index contributed by atoms with van der Waals surface area (Å²) in [5.41, 5.74) is 2.23. The molecule has 1 aliphatic rings. The minimum absolute atomic E-state index is 0.0145. The summed E-state index contributed by atoms with van der Waals surface area (Å²) >= 11 is 7.52. The fourth-order valence-corrected chi connectivity index (χ4v) is 6.15. The maximum atomic E-state index is 14.2. The summed E-state index contributed by atoms with van der Waals surface area (Å²) in [7, 11) is 0. The van der Waals surface area contributed by atoms with E-state index in [1.807, 2.05) is 38.1 Å². The van der Waals surface area contributed by atoms with Gasteiger partial charge >= 0.3 is 5.97 Å². The van der Waals surface area contributed by atoms with Crippen LogP contribution >= 0.6 is 22.9 Å². The van der Waals surface area contributed by atoms with Crippen LogP contribution in [-0.2, 0) is 16.1 Å². The molecule has 5 rings (SSSR count). The Bertz CT molecular complexity index is 1980. The second-order valence-electron chi connectivity index (χ2n) is 10.4. The lowest BCUT2D eigenvalue weighted by atomic mass is 9.95. The van der Waals surface area contributed by atoms with Crippen molar-refractivity contribution < 1.29 is 23.9 Å². The van der Waals surface area contributed by atoms with Gasteiger partial charge in [-0.1, -0.05) is 41.1 Å². The van der Waals surface area contributed by atoms with Crippen molar-refractivity contribution in [3.05, 3.63) is 130 Å². The van der Waals surface area contributed by atoms with E-state index in [1.54, 1.807) is 50.3 Å². The summed E-state index contributed by atoms with van der Waals surface area (Å²) in [6.45, 7) is 7.55. The highest BCUT2D eigenvalue weighted by atomic mass is 35.5. The third kappa shape index (κ3) is 6.84. The largest absolute Gasteiger partial charge is 0.491 e. The molecule has 0 amide bonds. The molecule has 0 aliphatic carbocycles. The topological polar surface area (TPSA) is 122 Å². The number of hydrogen-bond donors (Lipinski definition) is 0. The van der Waals surface area contributed by atoms with Gasteiger partial charge in [-0.2, -0.15) is 0 Å². The van der Waals surface area contributed by atoms with E-state index in [-0.39, 0.29) is 36.1 Å². The Hall–Kier alpha value is -4.74. The number of nitro groups is 1. The number of esters is 1. The van der Waals surface area contributed by atoms with Gasteiger partial charge in [0.25, 0.3) is 11.2 Å². The Balaban J connectivity index is 1.61. The molecule has 0 saturated carbocycles. The van der Waals surface area contributed by atoms with E-state index in [9.17, 15) is 19.7 Å². The predicted octanol–water partition coefficient (Wildman–Crippen LogP) is 5.73. The Morgan fingerprint density at radius 1 is 1.13 bits per heavy atom. The van der Waals surface area contributed by atoms with Gasteiger partial charge in [0.15, 0.2) is 4.80 Å². The molecule has 1 atom stereocenters. The lowest BCUT2D eigenvalue weighted by Gasteiger charge is -2.26. The molecule has 0 spiro atoms. The van der Waals surface area contributed by atoms with Crippen molar-refractivity contribution in [1.82, 2.24) is 4.57 Å². The summed E-state index contributed by atoms with van der Waals surface area (Å²) in [6, 6.07) is 17.6. The van der Waals surface area contributed by atoms with E-state index in [1.165, 1.54) is 28.0 Å². The lowest BCUT2D eigenvalue weighted by Crippen LogP contribution is -2.40. The first-order valence-corrected chi connectivity index (χ1v) is 15.4. The molecule has 0 radical (unpaired) electrons. The molecule has 4 aromatic rings. The average molecular weight is 648 g/mol. The van der Waals surface area contributed by atoms with Crippen LogP contribution in [0.15, 0.2) is 87.8 Å². The van der Waals surface area contributed by atoms with Gasteiger partial charge < -0.3 is 14.2 Å². The van der Waals surface area contributed by atoms with Crippen LogP contribution in [0, 0.1) is 10.1 Å². The molecule has 1 aromatic heterocycles. The zero-order valence-electron chi connectivity index (χ0n) is 25.0. The van der Waals surface area contributed by atoms with Gasteiger partial charge in [0.1, 0.15) is 24.1 Å². The molecule has 2 heterocycles. The summed E-state index contributed by atoms with van der Waals surface area (Å²) in [4.78, 5) is 43.1. The van der Waals surface area contributed by atoms with E-state index >= 15 is 0 Å². The fraction of sp³-hybridized carbons (Fsp3) is 0.242. The molecule has 45 heavy (non-hydrogen) atoms. The Morgan fingerprint density at radius 2 is 1.87 bits per heavy atom. The molecule has 0 saturated heterocycles. The van der Waals surface area contributed by atoms with Crippen LogP contribution in [0.3, 0.4) is 0 Å². The zero-order valence-corrected chi connectivity index (χ0v) is 26.6. The van der Waals surface area contributed by atoms with Crippen molar-refractivity contribution in [3.63, 3.8) is 0 Å². The maximum Gasteiger partial charge on any atom is 0.338 e. The summed E-state index contributed by atoms with van der Waals surface area (Å²) in [5, 5.41) is 11.4. The van der Waals surface area contributed by atoms with Crippen LogP contribution < -0.4 is 24.4 Å². The van der Waals surface area contributed by atoms with E-state index in [0.29, 0.717) is 42.7 Å². The monoisotopic (exact) mass is 647 g/mol. The van der Waals surface area contributed by atoms with Crippen molar-refractivity contribution in [1.29, 1.82) is 0 Å². The zero-order chi connectivity index (χ0) is 32.2. The number of carbonyl (C=O) groups is 1. The number of nitrogens with zero attached hydrogens (tertiary/aromatic N) is 3. The molecule has 12 heteroatoms. The van der Waals surface area contributed by atoms with Crippen molar-refractivity contribution in [2.75, 3.05) is 6.61 Å².